The molecule has 104 valence electrons. The lowest BCUT2D eigenvalue weighted by Gasteiger charge is -2.11. The van der Waals surface area contributed by atoms with Crippen LogP contribution >= 0.6 is 34.8 Å². The summed E-state index contributed by atoms with van der Waals surface area (Å²) in [5, 5.41) is 1.10. The Hall–Kier alpha value is -1.61. The van der Waals surface area contributed by atoms with Gasteiger partial charge in [-0.15, -0.1) is 0 Å². The molecule has 3 rings (SSSR count). The van der Waals surface area contributed by atoms with Crippen LogP contribution in [0, 0.1) is 0 Å². The molecule has 0 N–H and O–H groups in total. The summed E-state index contributed by atoms with van der Waals surface area (Å²) in [7, 11) is 0. The largest absolute Gasteiger partial charge is 0.224 e. The molecular weight excluding hydrogens is 327 g/mol. The maximum Gasteiger partial charge on any atom is 0.224 e. The van der Waals surface area contributed by atoms with Gasteiger partial charge in [-0.3, -0.25) is 0 Å². The molecule has 2 aromatic carbocycles. The fourth-order valence-electron chi connectivity index (χ4n) is 2.09. The molecule has 1 aromatic heterocycles. The van der Waals surface area contributed by atoms with Crippen LogP contribution in [0.15, 0.2) is 54.6 Å². The van der Waals surface area contributed by atoms with Gasteiger partial charge in [-0.2, -0.15) is 0 Å². The minimum absolute atomic E-state index is 0.115. The average molecular weight is 336 g/mol. The highest BCUT2D eigenvalue weighted by Gasteiger charge is 2.15. The van der Waals surface area contributed by atoms with E-state index in [0.29, 0.717) is 15.9 Å². The molecule has 0 aliphatic carbocycles. The molecule has 0 saturated heterocycles. The highest BCUT2D eigenvalue weighted by Crippen LogP contribution is 2.36. The minimum Gasteiger partial charge on any atom is -0.217 e. The Bertz CT molecular complexity index is 772. The molecule has 0 bridgehead atoms. The molecule has 0 radical (unpaired) electrons. The van der Waals surface area contributed by atoms with Crippen LogP contribution in [0.5, 0.6) is 0 Å². The van der Waals surface area contributed by atoms with Gasteiger partial charge in [0.2, 0.25) is 5.28 Å². The summed E-state index contributed by atoms with van der Waals surface area (Å²) >= 11 is 18.2. The maximum absolute atomic E-state index is 6.29. The van der Waals surface area contributed by atoms with E-state index in [2.05, 4.69) is 9.97 Å². The van der Waals surface area contributed by atoms with Crippen molar-refractivity contribution in [2.45, 2.75) is 0 Å². The third kappa shape index (κ3) is 3.03. The van der Waals surface area contributed by atoms with E-state index in [9.17, 15) is 0 Å². The van der Waals surface area contributed by atoms with Crippen LogP contribution in [0.2, 0.25) is 15.5 Å². The second-order valence-corrected chi connectivity index (χ2v) is 5.51. The lowest BCUT2D eigenvalue weighted by atomic mass is 10.0. The van der Waals surface area contributed by atoms with E-state index in [1.54, 1.807) is 12.1 Å². The normalized spacial score (nSPS) is 10.6. The molecule has 1 heterocycles. The predicted molar refractivity (Wildman–Crippen MR) is 87.9 cm³/mol. The smallest absolute Gasteiger partial charge is 0.217 e. The van der Waals surface area contributed by atoms with Crippen LogP contribution in [0.4, 0.5) is 0 Å². The average Bonchev–Trinajstić information content (AvgIpc) is 2.48. The molecule has 0 spiro atoms. The van der Waals surface area contributed by atoms with E-state index in [0.717, 1.165) is 16.7 Å². The number of benzene rings is 2. The second kappa shape index (κ2) is 6.02. The lowest BCUT2D eigenvalue weighted by Crippen LogP contribution is -1.94. The number of hydrogen-bond donors (Lipinski definition) is 0. The van der Waals surface area contributed by atoms with Gasteiger partial charge >= 0.3 is 0 Å². The topological polar surface area (TPSA) is 25.8 Å². The Balaban J connectivity index is 2.26. The Labute approximate surface area is 137 Å². The number of nitrogens with zero attached hydrogens (tertiary/aromatic N) is 2. The van der Waals surface area contributed by atoms with E-state index in [-0.39, 0.29) is 5.28 Å². The van der Waals surface area contributed by atoms with Gasteiger partial charge in [-0.25, -0.2) is 9.97 Å². The second-order valence-electron chi connectivity index (χ2n) is 4.38. The molecular formula is C16H9Cl3N2. The van der Waals surface area contributed by atoms with Crippen LogP contribution in [-0.4, -0.2) is 9.97 Å². The fourth-order valence-corrected chi connectivity index (χ4v) is 2.70. The zero-order valence-corrected chi connectivity index (χ0v) is 13.0. The van der Waals surface area contributed by atoms with Gasteiger partial charge in [0.25, 0.3) is 0 Å². The Morgan fingerprint density at radius 3 is 2.00 bits per heavy atom. The maximum atomic E-state index is 6.29. The van der Waals surface area contributed by atoms with E-state index >= 15 is 0 Å². The van der Waals surface area contributed by atoms with Gasteiger partial charge in [0, 0.05) is 16.1 Å². The molecule has 0 saturated carbocycles. The highest BCUT2D eigenvalue weighted by molar-refractivity contribution is 6.34. The van der Waals surface area contributed by atoms with Gasteiger partial charge in [-0.05, 0) is 29.3 Å². The third-order valence-corrected chi connectivity index (χ3v) is 3.71. The van der Waals surface area contributed by atoms with E-state index in [4.69, 9.17) is 34.8 Å². The summed E-state index contributed by atoms with van der Waals surface area (Å²) in [6, 6.07) is 17.1. The molecule has 3 aromatic rings. The number of rotatable bonds is 2. The number of aromatic nitrogens is 2. The molecule has 0 amide bonds. The van der Waals surface area contributed by atoms with Crippen LogP contribution < -0.4 is 0 Å². The first-order valence-corrected chi connectivity index (χ1v) is 7.33. The molecule has 21 heavy (non-hydrogen) atoms. The molecule has 0 unspecified atom stereocenters. The summed E-state index contributed by atoms with van der Waals surface area (Å²) < 4.78 is 0. The zero-order valence-electron chi connectivity index (χ0n) is 10.7. The predicted octanol–water partition coefficient (Wildman–Crippen LogP) is 5.77. The fraction of sp³-hybridized carbons (Fsp3) is 0. The lowest BCUT2D eigenvalue weighted by molar-refractivity contribution is 1.17. The number of halogens is 3. The first-order chi connectivity index (χ1) is 10.1. The third-order valence-electron chi connectivity index (χ3n) is 3.02. The molecule has 0 aliphatic rings. The molecule has 5 heteroatoms. The van der Waals surface area contributed by atoms with Crippen molar-refractivity contribution in [2.24, 2.45) is 0 Å². The van der Waals surface area contributed by atoms with Crippen molar-refractivity contribution >= 4 is 34.8 Å². The van der Waals surface area contributed by atoms with Crippen molar-refractivity contribution in [3.8, 4) is 22.4 Å². The summed E-state index contributed by atoms with van der Waals surface area (Å²) in [6.45, 7) is 0. The zero-order chi connectivity index (χ0) is 14.8. The van der Waals surface area contributed by atoms with E-state index in [1.165, 1.54) is 0 Å². The van der Waals surface area contributed by atoms with Gasteiger partial charge in [0.05, 0.1) is 5.69 Å². The van der Waals surface area contributed by atoms with Crippen molar-refractivity contribution in [3.63, 3.8) is 0 Å². The molecule has 0 atom stereocenters. The Morgan fingerprint density at radius 1 is 0.667 bits per heavy atom. The van der Waals surface area contributed by atoms with Crippen molar-refractivity contribution < 1.29 is 0 Å². The summed E-state index contributed by atoms with van der Waals surface area (Å²) in [6.07, 6.45) is 0. The van der Waals surface area contributed by atoms with Gasteiger partial charge in [0.15, 0.2) is 0 Å². The first kappa shape index (κ1) is 14.3. The highest BCUT2D eigenvalue weighted by atomic mass is 35.5. The molecule has 0 fully saturated rings. The van der Waals surface area contributed by atoms with Crippen LogP contribution in [-0.2, 0) is 0 Å². The van der Waals surface area contributed by atoms with Crippen LogP contribution in [0.1, 0.15) is 0 Å². The van der Waals surface area contributed by atoms with Crippen molar-refractivity contribution in [2.75, 3.05) is 0 Å². The summed E-state index contributed by atoms with van der Waals surface area (Å²) in [5.74, 6) is 0. The minimum atomic E-state index is 0.115. The first-order valence-electron chi connectivity index (χ1n) is 6.19. The molecule has 0 aliphatic heterocycles. The monoisotopic (exact) mass is 334 g/mol. The Kier molecular flexibility index (Phi) is 4.11. The van der Waals surface area contributed by atoms with E-state index < -0.39 is 0 Å². The molecule has 2 nitrogen and oxygen atoms in total. The summed E-state index contributed by atoms with van der Waals surface area (Å²) in [5.41, 5.74) is 3.25. The van der Waals surface area contributed by atoms with Crippen molar-refractivity contribution in [1.82, 2.24) is 9.97 Å². The van der Waals surface area contributed by atoms with Gasteiger partial charge in [0.1, 0.15) is 5.15 Å². The number of hydrogen-bond acceptors (Lipinski definition) is 2. The van der Waals surface area contributed by atoms with Crippen LogP contribution in [0.25, 0.3) is 22.4 Å². The van der Waals surface area contributed by atoms with Crippen molar-refractivity contribution in [1.29, 1.82) is 0 Å². The standard InChI is InChI=1S/C16H9Cl3N2/c17-12-8-6-11(7-9-12)14-13(10-4-2-1-3-5-10)15(18)21-16(19)20-14/h1-9H. The van der Waals surface area contributed by atoms with E-state index in [1.807, 2.05) is 42.5 Å². The van der Waals surface area contributed by atoms with Gasteiger partial charge < -0.3 is 0 Å². The Morgan fingerprint density at radius 2 is 1.33 bits per heavy atom. The summed E-state index contributed by atoms with van der Waals surface area (Å²) in [4.78, 5) is 8.38. The van der Waals surface area contributed by atoms with Crippen molar-refractivity contribution in [3.05, 3.63) is 70.1 Å². The quantitative estimate of drug-likeness (QED) is 0.439. The van der Waals surface area contributed by atoms with Gasteiger partial charge in [-0.1, -0.05) is 65.7 Å². The SMILES string of the molecule is Clc1ccc(-c2nc(Cl)nc(Cl)c2-c2ccccc2)cc1. The van der Waals surface area contributed by atoms with Crippen LogP contribution in [0.3, 0.4) is 0 Å².